The summed E-state index contributed by atoms with van der Waals surface area (Å²) in [6.07, 6.45) is 10.2. The molecule has 1 aromatic carbocycles. The Morgan fingerprint density at radius 3 is 2.62 bits per heavy atom. The fraction of sp³-hybridized carbons (Fsp3) is 0.500. The van der Waals surface area contributed by atoms with Gasteiger partial charge in [0.2, 0.25) is 0 Å². The molecule has 0 unspecified atom stereocenters. The van der Waals surface area contributed by atoms with Crippen molar-refractivity contribution in [3.05, 3.63) is 30.1 Å². The zero-order valence-electron chi connectivity index (χ0n) is 12.5. The summed E-state index contributed by atoms with van der Waals surface area (Å²) in [4.78, 5) is 0. The van der Waals surface area contributed by atoms with Crippen LogP contribution in [0.2, 0.25) is 0 Å². The van der Waals surface area contributed by atoms with Crippen molar-refractivity contribution in [3.8, 4) is 17.2 Å². The SMILES string of the molecule is CCCCCCCCc1cn(-c2cc(O)ccc2O)nn1. The Kier molecular flexibility index (Phi) is 5.60. The van der Waals surface area contributed by atoms with Crippen LogP contribution in [0.5, 0.6) is 11.5 Å². The van der Waals surface area contributed by atoms with Gasteiger partial charge in [-0.25, -0.2) is 4.68 Å². The Hall–Kier alpha value is -2.04. The molecule has 114 valence electrons. The number of aryl methyl sites for hydroxylation is 1. The molecule has 21 heavy (non-hydrogen) atoms. The van der Waals surface area contributed by atoms with Crippen molar-refractivity contribution in [2.24, 2.45) is 0 Å². The Morgan fingerprint density at radius 1 is 1.05 bits per heavy atom. The van der Waals surface area contributed by atoms with Gasteiger partial charge in [0.05, 0.1) is 11.9 Å². The zero-order valence-corrected chi connectivity index (χ0v) is 12.5. The minimum absolute atomic E-state index is 0.0730. The number of phenolic OH excluding ortho intramolecular Hbond substituents is 2. The highest BCUT2D eigenvalue weighted by molar-refractivity contribution is 5.49. The Morgan fingerprint density at radius 2 is 1.81 bits per heavy atom. The van der Waals surface area contributed by atoms with Crippen molar-refractivity contribution in [2.75, 3.05) is 0 Å². The topological polar surface area (TPSA) is 71.2 Å². The maximum atomic E-state index is 9.79. The number of hydrogen-bond donors (Lipinski definition) is 2. The summed E-state index contributed by atoms with van der Waals surface area (Å²) in [6, 6.07) is 4.35. The van der Waals surface area contributed by atoms with Crippen LogP contribution in [0.1, 0.15) is 51.1 Å². The van der Waals surface area contributed by atoms with Gasteiger partial charge >= 0.3 is 0 Å². The monoisotopic (exact) mass is 289 g/mol. The molecule has 0 fully saturated rings. The van der Waals surface area contributed by atoms with Gasteiger partial charge in [-0.15, -0.1) is 5.10 Å². The molecule has 2 rings (SSSR count). The molecule has 0 amide bonds. The van der Waals surface area contributed by atoms with Gasteiger partial charge in [0.25, 0.3) is 0 Å². The summed E-state index contributed by atoms with van der Waals surface area (Å²) >= 11 is 0. The summed E-state index contributed by atoms with van der Waals surface area (Å²) in [6.45, 7) is 2.22. The third kappa shape index (κ3) is 4.48. The number of phenols is 2. The molecule has 2 aromatic rings. The van der Waals surface area contributed by atoms with Gasteiger partial charge in [0, 0.05) is 6.07 Å². The first kappa shape index (κ1) is 15.4. The van der Waals surface area contributed by atoms with Gasteiger partial charge in [-0.2, -0.15) is 0 Å². The van der Waals surface area contributed by atoms with E-state index in [2.05, 4.69) is 17.2 Å². The average molecular weight is 289 g/mol. The Bertz CT molecular complexity index is 566. The maximum absolute atomic E-state index is 9.79. The molecule has 0 aliphatic heterocycles. The maximum Gasteiger partial charge on any atom is 0.141 e. The number of aromatic nitrogens is 3. The summed E-state index contributed by atoms with van der Waals surface area (Å²) in [7, 11) is 0. The van der Waals surface area contributed by atoms with E-state index in [0.717, 1.165) is 18.5 Å². The molecule has 5 nitrogen and oxygen atoms in total. The predicted molar refractivity (Wildman–Crippen MR) is 81.8 cm³/mol. The summed E-state index contributed by atoms with van der Waals surface area (Å²) in [5, 5.41) is 27.4. The van der Waals surface area contributed by atoms with E-state index in [0.29, 0.717) is 5.69 Å². The number of nitrogens with zero attached hydrogens (tertiary/aromatic N) is 3. The second-order valence-corrected chi connectivity index (χ2v) is 5.35. The largest absolute Gasteiger partial charge is 0.508 e. The number of aromatic hydroxyl groups is 2. The zero-order chi connectivity index (χ0) is 15.1. The summed E-state index contributed by atoms with van der Waals surface area (Å²) in [5.74, 6) is 0.166. The van der Waals surface area contributed by atoms with Crippen molar-refractivity contribution in [2.45, 2.75) is 51.9 Å². The standard InChI is InChI=1S/C16H23N3O2/c1-2-3-4-5-6-7-8-13-12-19(18-17-13)15-11-14(20)9-10-16(15)21/h9-12,20-21H,2-8H2,1H3. The van der Waals surface area contributed by atoms with Gasteiger partial charge in [-0.05, 0) is 25.0 Å². The van der Waals surface area contributed by atoms with Crippen LogP contribution < -0.4 is 0 Å². The van der Waals surface area contributed by atoms with E-state index >= 15 is 0 Å². The summed E-state index contributed by atoms with van der Waals surface area (Å²) in [5.41, 5.74) is 1.35. The number of hydrogen-bond acceptors (Lipinski definition) is 4. The van der Waals surface area contributed by atoms with Crippen molar-refractivity contribution >= 4 is 0 Å². The third-order valence-corrected chi connectivity index (χ3v) is 3.53. The third-order valence-electron chi connectivity index (χ3n) is 3.53. The molecule has 2 N–H and O–H groups in total. The molecular formula is C16H23N3O2. The number of unbranched alkanes of at least 4 members (excludes halogenated alkanes) is 5. The van der Waals surface area contributed by atoms with E-state index in [1.54, 1.807) is 6.20 Å². The van der Waals surface area contributed by atoms with Gasteiger partial charge in [-0.1, -0.05) is 44.2 Å². The molecule has 1 heterocycles. The average Bonchev–Trinajstić information content (AvgIpc) is 2.94. The van der Waals surface area contributed by atoms with Crippen molar-refractivity contribution in [1.82, 2.24) is 15.0 Å². The van der Waals surface area contributed by atoms with Crippen LogP contribution in [0, 0.1) is 0 Å². The van der Waals surface area contributed by atoms with Gasteiger partial charge in [0.1, 0.15) is 17.2 Å². The highest BCUT2D eigenvalue weighted by Crippen LogP contribution is 2.25. The predicted octanol–water partition coefficient (Wildman–Crippen LogP) is 3.58. The van der Waals surface area contributed by atoms with Crippen LogP contribution in [-0.2, 0) is 6.42 Å². The van der Waals surface area contributed by atoms with Crippen molar-refractivity contribution in [3.63, 3.8) is 0 Å². The van der Waals surface area contributed by atoms with E-state index in [1.165, 1.54) is 55.0 Å². The van der Waals surface area contributed by atoms with E-state index in [1.807, 2.05) is 0 Å². The van der Waals surface area contributed by atoms with Gasteiger partial charge in [-0.3, -0.25) is 0 Å². The van der Waals surface area contributed by atoms with Crippen LogP contribution in [0.25, 0.3) is 5.69 Å². The van der Waals surface area contributed by atoms with E-state index in [9.17, 15) is 10.2 Å². The first-order valence-electron chi connectivity index (χ1n) is 7.64. The van der Waals surface area contributed by atoms with Crippen LogP contribution in [0.4, 0.5) is 0 Å². The summed E-state index contributed by atoms with van der Waals surface area (Å²) < 4.78 is 1.50. The molecule has 0 radical (unpaired) electrons. The molecule has 0 aliphatic rings. The molecule has 0 atom stereocenters. The molecule has 0 aliphatic carbocycles. The van der Waals surface area contributed by atoms with Crippen molar-refractivity contribution in [1.29, 1.82) is 0 Å². The lowest BCUT2D eigenvalue weighted by Gasteiger charge is -2.03. The second-order valence-electron chi connectivity index (χ2n) is 5.35. The minimum atomic E-state index is 0.0730. The van der Waals surface area contributed by atoms with Gasteiger partial charge < -0.3 is 10.2 Å². The lowest BCUT2D eigenvalue weighted by molar-refractivity contribution is 0.455. The molecule has 0 spiro atoms. The van der Waals surface area contributed by atoms with Crippen molar-refractivity contribution < 1.29 is 10.2 Å². The van der Waals surface area contributed by atoms with Gasteiger partial charge in [0.15, 0.2) is 0 Å². The van der Waals surface area contributed by atoms with Crippen LogP contribution >= 0.6 is 0 Å². The van der Waals surface area contributed by atoms with E-state index in [-0.39, 0.29) is 11.5 Å². The molecule has 0 bridgehead atoms. The lowest BCUT2D eigenvalue weighted by Crippen LogP contribution is -1.95. The second kappa shape index (κ2) is 7.67. The highest BCUT2D eigenvalue weighted by atomic mass is 16.3. The Labute approximate surface area is 125 Å². The molecule has 1 aromatic heterocycles. The fourth-order valence-electron chi connectivity index (χ4n) is 2.31. The quantitative estimate of drug-likeness (QED) is 0.575. The number of benzene rings is 1. The minimum Gasteiger partial charge on any atom is -0.508 e. The first-order valence-corrected chi connectivity index (χ1v) is 7.64. The number of rotatable bonds is 8. The molecule has 5 heteroatoms. The van der Waals surface area contributed by atoms with E-state index < -0.39 is 0 Å². The van der Waals surface area contributed by atoms with Crippen LogP contribution in [0.3, 0.4) is 0 Å². The normalized spacial score (nSPS) is 10.9. The first-order chi connectivity index (χ1) is 10.2. The fourth-order valence-corrected chi connectivity index (χ4v) is 2.31. The Balaban J connectivity index is 1.88. The molecular weight excluding hydrogens is 266 g/mol. The highest BCUT2D eigenvalue weighted by Gasteiger charge is 2.08. The van der Waals surface area contributed by atoms with Crippen LogP contribution in [0.15, 0.2) is 24.4 Å². The molecule has 0 saturated carbocycles. The lowest BCUT2D eigenvalue weighted by atomic mass is 10.1. The van der Waals surface area contributed by atoms with Crippen LogP contribution in [-0.4, -0.2) is 25.2 Å². The molecule has 0 saturated heterocycles. The smallest absolute Gasteiger partial charge is 0.141 e. The van der Waals surface area contributed by atoms with E-state index in [4.69, 9.17) is 0 Å².